The summed E-state index contributed by atoms with van der Waals surface area (Å²) in [7, 11) is -4.35. The summed E-state index contributed by atoms with van der Waals surface area (Å²) in [5.41, 5.74) is -1.91. The van der Waals surface area contributed by atoms with Crippen molar-refractivity contribution in [3.05, 3.63) is 17.9 Å². The molecule has 1 atom stereocenters. The Morgan fingerprint density at radius 2 is 2.16 bits per heavy atom. The van der Waals surface area contributed by atoms with Crippen LogP contribution in [0.15, 0.2) is 21.8 Å². The Balaban J connectivity index is 3.06. The summed E-state index contributed by atoms with van der Waals surface area (Å²) >= 11 is 0. The molecule has 0 saturated heterocycles. The van der Waals surface area contributed by atoms with Gasteiger partial charge < -0.3 is 9.52 Å². The molecule has 1 aromatic rings. The van der Waals surface area contributed by atoms with Crippen molar-refractivity contribution in [2.45, 2.75) is 37.3 Å². The maximum absolute atomic E-state index is 12.9. The summed E-state index contributed by atoms with van der Waals surface area (Å²) < 4.78 is 55.8. The molecule has 2 N–H and O–H groups in total. The fraction of sp³-hybridized carbons (Fsp3) is 0.500. The number of hydrogen-bond donors (Lipinski definition) is 2. The van der Waals surface area contributed by atoms with Gasteiger partial charge in [0.1, 0.15) is 5.54 Å². The van der Waals surface area contributed by atoms with Gasteiger partial charge in [0.05, 0.1) is 12.7 Å². The van der Waals surface area contributed by atoms with Crippen molar-refractivity contribution in [2.24, 2.45) is 0 Å². The minimum absolute atomic E-state index is 0.498. The Bertz CT molecular complexity index is 568. The van der Waals surface area contributed by atoms with Gasteiger partial charge in [0.15, 0.2) is 0 Å². The van der Waals surface area contributed by atoms with E-state index in [1.54, 1.807) is 11.6 Å². The van der Waals surface area contributed by atoms with E-state index in [0.717, 1.165) is 19.3 Å². The average Bonchev–Trinajstić information content (AvgIpc) is 2.63. The van der Waals surface area contributed by atoms with Crippen molar-refractivity contribution in [2.75, 3.05) is 0 Å². The third-order valence-corrected chi connectivity index (χ3v) is 3.82. The van der Waals surface area contributed by atoms with Crippen molar-refractivity contribution in [3.8, 4) is 0 Å². The van der Waals surface area contributed by atoms with Crippen LogP contribution in [0.3, 0.4) is 0 Å². The largest absolute Gasteiger partial charge is 0.481 e. The lowest BCUT2D eigenvalue weighted by Gasteiger charge is -2.27. The number of halogens is 2. The van der Waals surface area contributed by atoms with Crippen LogP contribution in [0.1, 0.15) is 18.9 Å². The van der Waals surface area contributed by atoms with Gasteiger partial charge in [-0.15, -0.1) is 0 Å². The standard InChI is InChI=1S/C10H13F2NO5S/c1-6-3-8(18-5-6)19(16,17)13-10(2,9(11)12)4-7(14)15/h3,5,9,13H,4H2,1-2H3,(H,14,15). The van der Waals surface area contributed by atoms with E-state index in [1.807, 2.05) is 0 Å². The lowest BCUT2D eigenvalue weighted by Crippen LogP contribution is -2.52. The Morgan fingerprint density at radius 3 is 2.53 bits per heavy atom. The summed E-state index contributed by atoms with van der Waals surface area (Å²) in [6.07, 6.45) is -3.09. The Morgan fingerprint density at radius 1 is 1.58 bits per heavy atom. The molecular formula is C10H13F2NO5S. The number of aryl methyl sites for hydroxylation is 1. The number of nitrogens with one attached hydrogen (secondary N) is 1. The van der Waals surface area contributed by atoms with Crippen molar-refractivity contribution in [1.29, 1.82) is 0 Å². The van der Waals surface area contributed by atoms with E-state index in [-0.39, 0.29) is 0 Å². The van der Waals surface area contributed by atoms with Crippen molar-refractivity contribution in [1.82, 2.24) is 4.72 Å². The zero-order chi connectivity index (χ0) is 14.8. The predicted molar refractivity (Wildman–Crippen MR) is 60.4 cm³/mol. The normalized spacial score (nSPS) is 15.4. The van der Waals surface area contributed by atoms with Crippen LogP contribution in [0.25, 0.3) is 0 Å². The highest BCUT2D eigenvalue weighted by Crippen LogP contribution is 2.23. The van der Waals surface area contributed by atoms with Crippen LogP contribution in [0.5, 0.6) is 0 Å². The second-order valence-corrected chi connectivity index (χ2v) is 5.95. The predicted octanol–water partition coefficient (Wildman–Crippen LogP) is 1.36. The van der Waals surface area contributed by atoms with Gasteiger partial charge in [-0.1, -0.05) is 0 Å². The molecule has 19 heavy (non-hydrogen) atoms. The molecule has 0 amide bonds. The quantitative estimate of drug-likeness (QED) is 0.826. The summed E-state index contributed by atoms with van der Waals surface area (Å²) in [5, 5.41) is 8.04. The van der Waals surface area contributed by atoms with E-state index in [1.165, 1.54) is 0 Å². The molecule has 0 aliphatic rings. The Labute approximate surface area is 108 Å². The second-order valence-electron chi connectivity index (χ2n) is 4.34. The van der Waals surface area contributed by atoms with Gasteiger partial charge in [0.2, 0.25) is 5.09 Å². The minimum Gasteiger partial charge on any atom is -0.481 e. The number of carboxylic acids is 1. The zero-order valence-electron chi connectivity index (χ0n) is 10.2. The SMILES string of the molecule is Cc1coc(S(=O)(=O)NC(C)(CC(=O)O)C(F)F)c1. The first kappa shape index (κ1) is 15.6. The van der Waals surface area contributed by atoms with Gasteiger partial charge in [-0.05, 0) is 19.4 Å². The molecule has 1 aromatic heterocycles. The summed E-state index contributed by atoms with van der Waals surface area (Å²) in [5.74, 6) is -1.54. The van der Waals surface area contributed by atoms with E-state index < -0.39 is 39.5 Å². The lowest BCUT2D eigenvalue weighted by molar-refractivity contribution is -0.140. The first-order valence-corrected chi connectivity index (χ1v) is 6.64. The Hall–Kier alpha value is -1.48. The molecule has 0 spiro atoms. The monoisotopic (exact) mass is 297 g/mol. The van der Waals surface area contributed by atoms with Crippen LogP contribution >= 0.6 is 0 Å². The average molecular weight is 297 g/mol. The molecule has 108 valence electrons. The third kappa shape index (κ3) is 3.74. The molecule has 6 nitrogen and oxygen atoms in total. The molecule has 0 aromatic carbocycles. The summed E-state index contributed by atoms with van der Waals surface area (Å²) in [6, 6.07) is 1.15. The van der Waals surface area contributed by atoms with Gasteiger partial charge in [-0.25, -0.2) is 17.2 Å². The molecule has 9 heteroatoms. The molecule has 0 aliphatic heterocycles. The van der Waals surface area contributed by atoms with Crippen LogP contribution in [0, 0.1) is 6.92 Å². The van der Waals surface area contributed by atoms with Gasteiger partial charge in [-0.2, -0.15) is 4.72 Å². The number of aliphatic carboxylic acids is 1. The number of carboxylic acid groups (broad SMARTS) is 1. The van der Waals surface area contributed by atoms with E-state index in [2.05, 4.69) is 0 Å². The molecule has 0 bridgehead atoms. The van der Waals surface area contributed by atoms with E-state index >= 15 is 0 Å². The fourth-order valence-corrected chi connectivity index (χ4v) is 2.77. The highest BCUT2D eigenvalue weighted by atomic mass is 32.2. The molecular weight excluding hydrogens is 284 g/mol. The van der Waals surface area contributed by atoms with Gasteiger partial charge >= 0.3 is 5.97 Å². The molecule has 1 heterocycles. The lowest BCUT2D eigenvalue weighted by atomic mass is 10.0. The summed E-state index contributed by atoms with van der Waals surface area (Å²) in [4.78, 5) is 10.6. The van der Waals surface area contributed by atoms with Crippen LogP contribution in [-0.4, -0.2) is 31.5 Å². The van der Waals surface area contributed by atoms with Crippen molar-refractivity contribution < 1.29 is 31.5 Å². The number of alkyl halides is 2. The van der Waals surface area contributed by atoms with E-state index in [0.29, 0.717) is 5.56 Å². The zero-order valence-corrected chi connectivity index (χ0v) is 11.0. The molecule has 1 unspecified atom stereocenters. The van der Waals surface area contributed by atoms with E-state index in [4.69, 9.17) is 9.52 Å². The molecule has 0 radical (unpaired) electrons. The molecule has 1 rings (SSSR count). The summed E-state index contributed by atoms with van der Waals surface area (Å²) in [6.45, 7) is 2.38. The molecule has 0 saturated carbocycles. The number of sulfonamides is 1. The number of hydrogen-bond acceptors (Lipinski definition) is 4. The highest BCUT2D eigenvalue weighted by Gasteiger charge is 2.42. The fourth-order valence-electron chi connectivity index (χ4n) is 1.38. The number of furan rings is 1. The Kier molecular flexibility index (Phi) is 4.31. The first-order chi connectivity index (χ1) is 8.57. The minimum atomic E-state index is -4.35. The second kappa shape index (κ2) is 5.25. The third-order valence-electron chi connectivity index (χ3n) is 2.34. The van der Waals surface area contributed by atoms with Crippen LogP contribution in [0.2, 0.25) is 0 Å². The van der Waals surface area contributed by atoms with Crippen molar-refractivity contribution >= 4 is 16.0 Å². The first-order valence-electron chi connectivity index (χ1n) is 5.16. The maximum atomic E-state index is 12.9. The maximum Gasteiger partial charge on any atom is 0.305 e. The van der Waals surface area contributed by atoms with Crippen molar-refractivity contribution in [3.63, 3.8) is 0 Å². The van der Waals surface area contributed by atoms with Crippen LogP contribution in [0.4, 0.5) is 8.78 Å². The number of rotatable bonds is 6. The van der Waals surface area contributed by atoms with Gasteiger partial charge in [0, 0.05) is 6.07 Å². The highest BCUT2D eigenvalue weighted by molar-refractivity contribution is 7.89. The van der Waals surface area contributed by atoms with Gasteiger partial charge in [0.25, 0.3) is 16.4 Å². The van der Waals surface area contributed by atoms with Crippen LogP contribution < -0.4 is 4.72 Å². The van der Waals surface area contributed by atoms with Crippen LogP contribution in [-0.2, 0) is 14.8 Å². The molecule has 0 fully saturated rings. The van der Waals surface area contributed by atoms with Gasteiger partial charge in [-0.3, -0.25) is 4.79 Å². The topological polar surface area (TPSA) is 96.6 Å². The van der Waals surface area contributed by atoms with E-state index in [9.17, 15) is 22.0 Å². The molecule has 0 aliphatic carbocycles. The smallest absolute Gasteiger partial charge is 0.305 e. The number of carbonyl (C=O) groups is 1.